The summed E-state index contributed by atoms with van der Waals surface area (Å²) < 4.78 is 2.26. The topological polar surface area (TPSA) is 43.6 Å². The third-order valence-corrected chi connectivity index (χ3v) is 10.1. The number of fused-ring (bicyclic) bond motifs is 3. The number of rotatable bonds is 11. The van der Waals surface area contributed by atoms with Gasteiger partial charge in [-0.15, -0.1) is 0 Å². The highest BCUT2D eigenvalue weighted by atomic mass is 15.2. The normalized spacial score (nSPS) is 12.3. The summed E-state index contributed by atoms with van der Waals surface area (Å²) >= 11 is 0. The van der Waals surface area contributed by atoms with Gasteiger partial charge in [0.1, 0.15) is 0 Å². The van der Waals surface area contributed by atoms with E-state index in [4.69, 9.17) is 15.0 Å². The van der Waals surface area contributed by atoms with Gasteiger partial charge in [-0.05, 0) is 72.9 Å². The van der Waals surface area contributed by atoms with Crippen LogP contribution in [0.1, 0.15) is 102 Å². The van der Waals surface area contributed by atoms with Crippen molar-refractivity contribution in [2.75, 3.05) is 0 Å². The predicted molar refractivity (Wildman–Crippen MR) is 200 cm³/mol. The Bertz CT molecular complexity index is 1870. The monoisotopic (exact) mass is 622 g/mol. The second kappa shape index (κ2) is 13.1. The molecule has 0 unspecified atom stereocenters. The van der Waals surface area contributed by atoms with Gasteiger partial charge in [0.15, 0.2) is 11.6 Å². The summed E-state index contributed by atoms with van der Waals surface area (Å²) in [4.78, 5) is 15.4. The van der Waals surface area contributed by atoms with E-state index in [9.17, 15) is 0 Å². The smallest absolute Gasteiger partial charge is 0.238 e. The van der Waals surface area contributed by atoms with Gasteiger partial charge in [-0.3, -0.25) is 4.57 Å². The van der Waals surface area contributed by atoms with E-state index >= 15 is 0 Å². The van der Waals surface area contributed by atoms with Crippen LogP contribution in [0.4, 0.5) is 0 Å². The van der Waals surface area contributed by atoms with Crippen molar-refractivity contribution >= 4 is 21.8 Å². The van der Waals surface area contributed by atoms with Gasteiger partial charge in [0, 0.05) is 21.9 Å². The molecule has 4 heteroatoms. The molecule has 0 spiro atoms. The Morgan fingerprint density at radius 1 is 0.532 bits per heavy atom. The molecule has 4 nitrogen and oxygen atoms in total. The van der Waals surface area contributed by atoms with Crippen LogP contribution >= 0.6 is 0 Å². The highest BCUT2D eigenvalue weighted by Gasteiger charge is 2.25. The zero-order chi connectivity index (χ0) is 33.3. The van der Waals surface area contributed by atoms with E-state index in [1.54, 1.807) is 0 Å². The molecule has 6 rings (SSSR count). The third kappa shape index (κ3) is 6.61. The number of aromatic nitrogens is 4. The van der Waals surface area contributed by atoms with Crippen molar-refractivity contribution in [1.82, 2.24) is 19.5 Å². The van der Waals surface area contributed by atoms with Crippen LogP contribution in [0.15, 0.2) is 84.9 Å². The SMILES string of the molecule is CCCCC(C)(C)c1ccc2c(c1)c1cc(C(C)(C)CCCC)ccc1n2-c1nc(-c2ccc(C)cc2)nc(-c2ccc(C)cc2)n1. The molecule has 0 radical (unpaired) electrons. The number of nitrogens with zero attached hydrogens (tertiary/aromatic N) is 4. The molecule has 242 valence electrons. The Labute approximate surface area is 281 Å². The van der Waals surface area contributed by atoms with Gasteiger partial charge in [0.2, 0.25) is 5.95 Å². The minimum Gasteiger partial charge on any atom is -0.278 e. The van der Waals surface area contributed by atoms with Crippen molar-refractivity contribution in [2.45, 2.75) is 105 Å². The van der Waals surface area contributed by atoms with Gasteiger partial charge in [-0.1, -0.05) is 139 Å². The molecule has 2 aromatic heterocycles. The fraction of sp³-hybridized carbons (Fsp3) is 0.372. The molecule has 0 N–H and O–H groups in total. The number of aryl methyl sites for hydroxylation is 2. The predicted octanol–water partition coefficient (Wildman–Crippen LogP) is 11.9. The zero-order valence-electron chi connectivity index (χ0n) is 29.6. The summed E-state index contributed by atoms with van der Waals surface area (Å²) in [7, 11) is 0. The van der Waals surface area contributed by atoms with E-state index in [2.05, 4.69) is 145 Å². The van der Waals surface area contributed by atoms with Crippen LogP contribution in [-0.2, 0) is 10.8 Å². The molecule has 0 amide bonds. The second-order valence-electron chi connectivity index (χ2n) is 14.8. The van der Waals surface area contributed by atoms with E-state index < -0.39 is 0 Å². The third-order valence-electron chi connectivity index (χ3n) is 10.1. The van der Waals surface area contributed by atoms with Crippen molar-refractivity contribution in [1.29, 1.82) is 0 Å². The Morgan fingerprint density at radius 2 is 0.936 bits per heavy atom. The fourth-order valence-corrected chi connectivity index (χ4v) is 6.74. The quantitative estimate of drug-likeness (QED) is 0.144. The minimum atomic E-state index is 0.0843. The molecule has 0 fully saturated rings. The number of unbranched alkanes of at least 4 members (excludes halogenated alkanes) is 2. The van der Waals surface area contributed by atoms with E-state index in [1.165, 1.54) is 58.7 Å². The van der Waals surface area contributed by atoms with Crippen LogP contribution < -0.4 is 0 Å². The lowest BCUT2D eigenvalue weighted by Crippen LogP contribution is -2.17. The summed E-state index contributed by atoms with van der Waals surface area (Å²) in [5.74, 6) is 1.99. The number of hydrogen-bond donors (Lipinski definition) is 0. The maximum atomic E-state index is 5.18. The lowest BCUT2D eigenvalue weighted by Gasteiger charge is -2.26. The summed E-state index contributed by atoms with van der Waals surface area (Å²) in [5, 5.41) is 2.51. The largest absolute Gasteiger partial charge is 0.278 e. The van der Waals surface area contributed by atoms with Gasteiger partial charge < -0.3 is 0 Å². The second-order valence-corrected chi connectivity index (χ2v) is 14.8. The first kappa shape index (κ1) is 32.6. The van der Waals surface area contributed by atoms with Gasteiger partial charge >= 0.3 is 0 Å². The maximum absolute atomic E-state index is 5.18. The molecule has 0 aliphatic carbocycles. The summed E-state index contributed by atoms with van der Waals surface area (Å²) in [6, 6.07) is 31.0. The standard InChI is InChI=1S/C43H50N4/c1-9-11-25-42(5,6)33-21-23-37-35(27-33)36-28-34(43(7,8)26-12-10-2)22-24-38(36)47(37)41-45-39(31-17-13-29(3)14-18-31)44-40(46-41)32-19-15-30(4)16-20-32/h13-24,27-28H,9-12,25-26H2,1-8H3. The molecule has 0 bridgehead atoms. The maximum Gasteiger partial charge on any atom is 0.238 e. The van der Waals surface area contributed by atoms with E-state index in [-0.39, 0.29) is 10.8 Å². The van der Waals surface area contributed by atoms with Crippen LogP contribution in [0, 0.1) is 13.8 Å². The highest BCUT2D eigenvalue weighted by Crippen LogP contribution is 2.39. The Hall–Kier alpha value is -4.31. The van der Waals surface area contributed by atoms with Gasteiger partial charge in [0.25, 0.3) is 0 Å². The molecular formula is C43H50N4. The molecule has 4 aromatic carbocycles. The van der Waals surface area contributed by atoms with Crippen molar-refractivity contribution in [3.63, 3.8) is 0 Å². The highest BCUT2D eigenvalue weighted by molar-refractivity contribution is 6.09. The lowest BCUT2D eigenvalue weighted by molar-refractivity contribution is 0.458. The average molecular weight is 623 g/mol. The van der Waals surface area contributed by atoms with E-state index in [0.29, 0.717) is 17.6 Å². The van der Waals surface area contributed by atoms with Crippen LogP contribution in [-0.4, -0.2) is 19.5 Å². The first-order valence-electron chi connectivity index (χ1n) is 17.5. The van der Waals surface area contributed by atoms with Gasteiger partial charge in [-0.2, -0.15) is 9.97 Å². The first-order valence-corrected chi connectivity index (χ1v) is 17.5. The Kier molecular flexibility index (Phi) is 9.07. The molecule has 0 aliphatic rings. The van der Waals surface area contributed by atoms with Crippen LogP contribution in [0.2, 0.25) is 0 Å². The molecule has 0 aliphatic heterocycles. The van der Waals surface area contributed by atoms with E-state index in [1.807, 2.05) is 0 Å². The number of benzene rings is 4. The molecule has 2 heterocycles. The van der Waals surface area contributed by atoms with Crippen molar-refractivity contribution in [2.24, 2.45) is 0 Å². The van der Waals surface area contributed by atoms with Crippen LogP contribution in [0.5, 0.6) is 0 Å². The summed E-state index contributed by atoms with van der Waals surface area (Å²) in [6.45, 7) is 18.3. The molecule has 0 saturated carbocycles. The van der Waals surface area contributed by atoms with Crippen molar-refractivity contribution in [3.05, 3.63) is 107 Å². The molecule has 0 saturated heterocycles. The van der Waals surface area contributed by atoms with Gasteiger partial charge in [0.05, 0.1) is 11.0 Å². The van der Waals surface area contributed by atoms with Crippen molar-refractivity contribution < 1.29 is 0 Å². The molecule has 6 aromatic rings. The Morgan fingerprint density at radius 3 is 1.32 bits per heavy atom. The lowest BCUT2D eigenvalue weighted by atomic mass is 9.79. The zero-order valence-corrected chi connectivity index (χ0v) is 29.6. The van der Waals surface area contributed by atoms with E-state index in [0.717, 1.165) is 35.0 Å². The minimum absolute atomic E-state index is 0.0843. The summed E-state index contributed by atoms with van der Waals surface area (Å²) in [6.07, 6.45) is 7.17. The molecular weight excluding hydrogens is 573 g/mol. The molecule has 0 atom stereocenters. The molecule has 47 heavy (non-hydrogen) atoms. The summed E-state index contributed by atoms with van der Waals surface area (Å²) in [5.41, 5.74) is 9.54. The van der Waals surface area contributed by atoms with Gasteiger partial charge in [-0.25, -0.2) is 4.98 Å². The first-order chi connectivity index (χ1) is 22.5. The fourth-order valence-electron chi connectivity index (χ4n) is 6.74. The Balaban J connectivity index is 1.63. The number of hydrogen-bond acceptors (Lipinski definition) is 3. The van der Waals surface area contributed by atoms with Crippen LogP contribution in [0.3, 0.4) is 0 Å². The van der Waals surface area contributed by atoms with Crippen LogP contribution in [0.25, 0.3) is 50.5 Å². The average Bonchev–Trinajstić information content (AvgIpc) is 3.40. The van der Waals surface area contributed by atoms with Crippen molar-refractivity contribution in [3.8, 4) is 28.7 Å².